The molecule has 0 spiro atoms. The van der Waals surface area contributed by atoms with Crippen molar-refractivity contribution in [1.29, 1.82) is 0 Å². The van der Waals surface area contributed by atoms with E-state index in [2.05, 4.69) is 20.5 Å². The molecule has 2 fully saturated rings. The first kappa shape index (κ1) is 17.4. The molecule has 4 rings (SSSR count). The lowest BCUT2D eigenvalue weighted by Gasteiger charge is -2.26. The summed E-state index contributed by atoms with van der Waals surface area (Å²) in [6.45, 7) is 5.28. The number of benzene rings is 1. The van der Waals surface area contributed by atoms with Crippen molar-refractivity contribution in [3.05, 3.63) is 23.8 Å². The number of fused-ring (bicyclic) bond motifs is 1. The van der Waals surface area contributed by atoms with Gasteiger partial charge >= 0.3 is 0 Å². The third-order valence-corrected chi connectivity index (χ3v) is 5.45. The average molecular weight is 357 g/mol. The molecular formula is C19H27N5O2. The number of ether oxygens (including phenoxy) is 1. The highest BCUT2D eigenvalue weighted by atomic mass is 16.5. The van der Waals surface area contributed by atoms with Crippen molar-refractivity contribution in [2.45, 2.75) is 44.7 Å². The Morgan fingerprint density at radius 1 is 1.15 bits per heavy atom. The number of carbonyl (C=O) groups excluding carboxylic acids is 1. The molecule has 0 radical (unpaired) electrons. The van der Waals surface area contributed by atoms with Crippen LogP contribution in [0.4, 0.5) is 0 Å². The minimum absolute atomic E-state index is 0.00154. The summed E-state index contributed by atoms with van der Waals surface area (Å²) in [4.78, 5) is 14.9. The van der Waals surface area contributed by atoms with Gasteiger partial charge in [-0.05, 0) is 31.0 Å². The second-order valence-electron chi connectivity index (χ2n) is 7.28. The number of carbonyl (C=O) groups is 1. The standard InChI is InChI=1S/C19H27N5O2/c25-19(20-16-4-2-1-3-5-16)15-6-7-18-17(14-15)21-22-24(18)9-8-23-10-12-26-13-11-23/h6-7,14,16H,1-5,8-13H2,(H,20,25). The zero-order valence-corrected chi connectivity index (χ0v) is 15.2. The Morgan fingerprint density at radius 2 is 1.96 bits per heavy atom. The first-order chi connectivity index (χ1) is 12.8. The highest BCUT2D eigenvalue weighted by Crippen LogP contribution is 2.19. The maximum atomic E-state index is 12.5. The van der Waals surface area contributed by atoms with Gasteiger partial charge < -0.3 is 10.1 Å². The first-order valence-electron chi connectivity index (χ1n) is 9.74. The topological polar surface area (TPSA) is 72.3 Å². The van der Waals surface area contributed by atoms with Crippen LogP contribution < -0.4 is 5.32 Å². The van der Waals surface area contributed by atoms with Crippen molar-refractivity contribution in [3.63, 3.8) is 0 Å². The van der Waals surface area contributed by atoms with Crippen molar-refractivity contribution in [1.82, 2.24) is 25.2 Å². The number of nitrogens with zero attached hydrogens (tertiary/aromatic N) is 4. The molecule has 2 aromatic rings. The molecule has 7 nitrogen and oxygen atoms in total. The van der Waals surface area contributed by atoms with Crippen LogP contribution in [0.15, 0.2) is 18.2 Å². The lowest BCUT2D eigenvalue weighted by atomic mass is 9.95. The van der Waals surface area contributed by atoms with Crippen LogP contribution in [-0.4, -0.2) is 64.7 Å². The van der Waals surface area contributed by atoms with Gasteiger partial charge in [-0.25, -0.2) is 4.68 Å². The number of nitrogens with one attached hydrogen (secondary N) is 1. The monoisotopic (exact) mass is 357 g/mol. The molecule has 0 bridgehead atoms. The first-order valence-corrected chi connectivity index (χ1v) is 9.74. The molecular weight excluding hydrogens is 330 g/mol. The summed E-state index contributed by atoms with van der Waals surface area (Å²) in [5.74, 6) is 0.00154. The maximum absolute atomic E-state index is 12.5. The molecule has 1 aliphatic carbocycles. The molecule has 0 unspecified atom stereocenters. The Hall–Kier alpha value is -1.99. The van der Waals surface area contributed by atoms with E-state index in [1.165, 1.54) is 19.3 Å². The summed E-state index contributed by atoms with van der Waals surface area (Å²) in [6.07, 6.45) is 5.88. The van der Waals surface area contributed by atoms with Crippen LogP contribution in [0.1, 0.15) is 42.5 Å². The zero-order valence-electron chi connectivity index (χ0n) is 15.2. The van der Waals surface area contributed by atoms with Crippen molar-refractivity contribution in [2.75, 3.05) is 32.8 Å². The van der Waals surface area contributed by atoms with E-state index in [1.54, 1.807) is 0 Å². The van der Waals surface area contributed by atoms with Crippen LogP contribution in [0.25, 0.3) is 11.0 Å². The van der Waals surface area contributed by atoms with Gasteiger partial charge in [0.15, 0.2) is 0 Å². The van der Waals surface area contributed by atoms with Gasteiger partial charge in [-0.15, -0.1) is 5.10 Å². The molecule has 1 amide bonds. The molecule has 140 valence electrons. The van der Waals surface area contributed by atoms with Crippen LogP contribution in [0.3, 0.4) is 0 Å². The highest BCUT2D eigenvalue weighted by molar-refractivity contribution is 5.97. The molecule has 2 heterocycles. The summed E-state index contributed by atoms with van der Waals surface area (Å²) in [7, 11) is 0. The Bertz CT molecular complexity index is 747. The molecule has 1 saturated carbocycles. The van der Waals surface area contributed by atoms with Gasteiger partial charge in [-0.2, -0.15) is 0 Å². The summed E-state index contributed by atoms with van der Waals surface area (Å²) in [5.41, 5.74) is 2.43. The Morgan fingerprint density at radius 3 is 2.77 bits per heavy atom. The van der Waals surface area contributed by atoms with Crippen molar-refractivity contribution >= 4 is 16.9 Å². The van der Waals surface area contributed by atoms with Crippen LogP contribution in [-0.2, 0) is 11.3 Å². The second-order valence-corrected chi connectivity index (χ2v) is 7.28. The van der Waals surface area contributed by atoms with E-state index >= 15 is 0 Å². The smallest absolute Gasteiger partial charge is 0.251 e. The van der Waals surface area contributed by atoms with Gasteiger partial charge in [0.25, 0.3) is 5.91 Å². The number of hydrogen-bond donors (Lipinski definition) is 1. The van der Waals surface area contributed by atoms with Crippen molar-refractivity contribution in [2.24, 2.45) is 0 Å². The Labute approximate surface area is 153 Å². The fraction of sp³-hybridized carbons (Fsp3) is 0.632. The van der Waals surface area contributed by atoms with Gasteiger partial charge in [0.1, 0.15) is 5.52 Å². The molecule has 2 aliphatic rings. The summed E-state index contributed by atoms with van der Waals surface area (Å²) >= 11 is 0. The lowest BCUT2D eigenvalue weighted by Crippen LogP contribution is -2.38. The van der Waals surface area contributed by atoms with E-state index in [0.717, 1.165) is 63.3 Å². The highest BCUT2D eigenvalue weighted by Gasteiger charge is 2.18. The third kappa shape index (κ3) is 4.04. The van der Waals surface area contributed by atoms with E-state index in [1.807, 2.05) is 22.9 Å². The van der Waals surface area contributed by atoms with Crippen molar-refractivity contribution in [3.8, 4) is 0 Å². The van der Waals surface area contributed by atoms with E-state index in [0.29, 0.717) is 11.6 Å². The number of morpholine rings is 1. The number of rotatable bonds is 5. The quantitative estimate of drug-likeness (QED) is 0.884. The number of amides is 1. The molecule has 1 aromatic carbocycles. The average Bonchev–Trinajstić information content (AvgIpc) is 3.10. The van der Waals surface area contributed by atoms with Crippen LogP contribution >= 0.6 is 0 Å². The zero-order chi connectivity index (χ0) is 17.8. The second kappa shape index (κ2) is 8.14. The van der Waals surface area contributed by atoms with Crippen LogP contribution in [0.2, 0.25) is 0 Å². The molecule has 1 aliphatic heterocycles. The Kier molecular flexibility index (Phi) is 5.45. The van der Waals surface area contributed by atoms with Crippen molar-refractivity contribution < 1.29 is 9.53 Å². The minimum Gasteiger partial charge on any atom is -0.379 e. The van der Waals surface area contributed by atoms with Gasteiger partial charge in [0.2, 0.25) is 0 Å². The predicted molar refractivity (Wildman–Crippen MR) is 99.1 cm³/mol. The SMILES string of the molecule is O=C(NC1CCCCC1)c1ccc2c(c1)nnn2CCN1CCOCC1. The van der Waals surface area contributed by atoms with E-state index < -0.39 is 0 Å². The fourth-order valence-electron chi connectivity index (χ4n) is 3.86. The minimum atomic E-state index is 0.00154. The van der Waals surface area contributed by atoms with Gasteiger partial charge in [-0.3, -0.25) is 9.69 Å². The molecule has 26 heavy (non-hydrogen) atoms. The summed E-state index contributed by atoms with van der Waals surface area (Å²) in [6, 6.07) is 6.02. The summed E-state index contributed by atoms with van der Waals surface area (Å²) < 4.78 is 7.31. The lowest BCUT2D eigenvalue weighted by molar-refractivity contribution is 0.0360. The normalized spacial score (nSPS) is 19.7. The molecule has 0 atom stereocenters. The van der Waals surface area contributed by atoms with Gasteiger partial charge in [0.05, 0.1) is 25.3 Å². The van der Waals surface area contributed by atoms with Crippen LogP contribution in [0.5, 0.6) is 0 Å². The molecule has 1 N–H and O–H groups in total. The van der Waals surface area contributed by atoms with Gasteiger partial charge in [0, 0.05) is 31.2 Å². The largest absolute Gasteiger partial charge is 0.379 e. The van der Waals surface area contributed by atoms with E-state index in [-0.39, 0.29) is 5.91 Å². The fourth-order valence-corrected chi connectivity index (χ4v) is 3.86. The maximum Gasteiger partial charge on any atom is 0.251 e. The Balaban J connectivity index is 1.40. The van der Waals surface area contributed by atoms with E-state index in [9.17, 15) is 4.79 Å². The molecule has 1 aromatic heterocycles. The molecule has 1 saturated heterocycles. The number of aromatic nitrogens is 3. The van der Waals surface area contributed by atoms with E-state index in [4.69, 9.17) is 4.74 Å². The summed E-state index contributed by atoms with van der Waals surface area (Å²) in [5, 5.41) is 11.7. The third-order valence-electron chi connectivity index (χ3n) is 5.45. The van der Waals surface area contributed by atoms with Crippen LogP contribution in [0, 0.1) is 0 Å². The predicted octanol–water partition coefficient (Wildman–Crippen LogP) is 1.83. The number of hydrogen-bond acceptors (Lipinski definition) is 5. The molecule has 7 heteroatoms. The van der Waals surface area contributed by atoms with Gasteiger partial charge in [-0.1, -0.05) is 24.5 Å².